The largest absolute Gasteiger partial charge is 0.463 e. The summed E-state index contributed by atoms with van der Waals surface area (Å²) in [5.74, 6) is 0.193. The predicted molar refractivity (Wildman–Crippen MR) is 107 cm³/mol. The Hall–Kier alpha value is -3.93. The van der Waals surface area contributed by atoms with Crippen LogP contribution in [0, 0.1) is 0 Å². The Labute approximate surface area is 161 Å². The van der Waals surface area contributed by atoms with E-state index in [2.05, 4.69) is 10.4 Å². The molecule has 0 saturated heterocycles. The lowest BCUT2D eigenvalue weighted by Crippen LogP contribution is -2.29. The highest BCUT2D eigenvalue weighted by molar-refractivity contribution is 5.95. The quantitative estimate of drug-likeness (QED) is 0.579. The molecular formula is C22H17N3O3. The van der Waals surface area contributed by atoms with E-state index in [0.29, 0.717) is 17.1 Å². The number of anilines is 1. The van der Waals surface area contributed by atoms with Gasteiger partial charge in [-0.15, -0.1) is 0 Å². The van der Waals surface area contributed by atoms with Crippen LogP contribution in [0.15, 0.2) is 94.3 Å². The van der Waals surface area contributed by atoms with Gasteiger partial charge in [-0.3, -0.25) is 9.59 Å². The lowest BCUT2D eigenvalue weighted by molar-refractivity contribution is -0.117. The number of para-hydroxylation sites is 1. The molecule has 1 amide bonds. The third-order valence-corrected chi connectivity index (χ3v) is 4.22. The molecule has 0 radical (unpaired) electrons. The molecule has 0 aliphatic heterocycles. The number of rotatable bonds is 5. The number of aromatic nitrogens is 2. The van der Waals surface area contributed by atoms with Gasteiger partial charge in [0.1, 0.15) is 12.2 Å². The van der Waals surface area contributed by atoms with Gasteiger partial charge in [-0.05, 0) is 29.8 Å². The first kappa shape index (κ1) is 17.5. The van der Waals surface area contributed by atoms with Crippen LogP contribution in [0.2, 0.25) is 0 Å². The Morgan fingerprint density at radius 2 is 1.71 bits per heavy atom. The number of carbonyl (C=O) groups excluding carboxylic acids is 1. The normalized spacial score (nSPS) is 10.6. The van der Waals surface area contributed by atoms with Gasteiger partial charge in [-0.1, -0.05) is 48.5 Å². The molecule has 0 saturated carbocycles. The fourth-order valence-electron chi connectivity index (χ4n) is 2.91. The molecule has 0 atom stereocenters. The maximum atomic E-state index is 12.6. The summed E-state index contributed by atoms with van der Waals surface area (Å²) < 4.78 is 6.42. The maximum Gasteiger partial charge on any atom is 0.267 e. The van der Waals surface area contributed by atoms with E-state index in [1.807, 2.05) is 54.6 Å². The third kappa shape index (κ3) is 3.76. The van der Waals surface area contributed by atoms with Gasteiger partial charge >= 0.3 is 0 Å². The number of hydrogen-bond acceptors (Lipinski definition) is 4. The fourth-order valence-corrected chi connectivity index (χ4v) is 2.91. The summed E-state index contributed by atoms with van der Waals surface area (Å²) in [6.45, 7) is -0.198. The Bertz CT molecular complexity index is 1150. The Morgan fingerprint density at radius 1 is 0.929 bits per heavy atom. The number of furan rings is 1. The number of amides is 1. The van der Waals surface area contributed by atoms with Crippen molar-refractivity contribution in [2.75, 3.05) is 5.32 Å². The lowest BCUT2D eigenvalue weighted by atomic mass is 10.0. The number of carbonyl (C=O) groups is 1. The smallest absolute Gasteiger partial charge is 0.267 e. The Kier molecular flexibility index (Phi) is 4.84. The van der Waals surface area contributed by atoms with Gasteiger partial charge in [0.2, 0.25) is 5.91 Å². The summed E-state index contributed by atoms with van der Waals surface area (Å²) in [6.07, 6.45) is 1.53. The summed E-state index contributed by atoms with van der Waals surface area (Å²) in [5, 5.41) is 7.10. The average Bonchev–Trinajstić information content (AvgIpc) is 3.25. The molecule has 138 valence electrons. The monoisotopic (exact) mass is 371 g/mol. The van der Waals surface area contributed by atoms with Crippen molar-refractivity contribution in [2.45, 2.75) is 6.54 Å². The first-order chi connectivity index (χ1) is 13.7. The Balaban J connectivity index is 1.57. The van der Waals surface area contributed by atoms with Gasteiger partial charge in [0, 0.05) is 17.3 Å². The van der Waals surface area contributed by atoms with E-state index < -0.39 is 0 Å². The predicted octanol–water partition coefficient (Wildman–Crippen LogP) is 3.81. The van der Waals surface area contributed by atoms with Crippen LogP contribution in [0.25, 0.3) is 22.6 Å². The van der Waals surface area contributed by atoms with E-state index in [1.165, 1.54) is 12.3 Å². The van der Waals surface area contributed by atoms with E-state index in [1.54, 1.807) is 18.2 Å². The Morgan fingerprint density at radius 3 is 2.50 bits per heavy atom. The van der Waals surface area contributed by atoms with Crippen molar-refractivity contribution < 1.29 is 9.21 Å². The fraction of sp³-hybridized carbons (Fsp3) is 0.0455. The van der Waals surface area contributed by atoms with E-state index in [-0.39, 0.29) is 18.0 Å². The van der Waals surface area contributed by atoms with Crippen molar-refractivity contribution in [2.24, 2.45) is 0 Å². The highest BCUT2D eigenvalue weighted by Crippen LogP contribution is 2.27. The van der Waals surface area contributed by atoms with Crippen molar-refractivity contribution in [3.63, 3.8) is 0 Å². The molecule has 6 heteroatoms. The first-order valence-electron chi connectivity index (χ1n) is 8.77. The molecule has 2 aromatic carbocycles. The second-order valence-corrected chi connectivity index (χ2v) is 6.15. The van der Waals surface area contributed by atoms with Gasteiger partial charge in [-0.2, -0.15) is 5.10 Å². The third-order valence-electron chi connectivity index (χ3n) is 4.22. The molecule has 1 N–H and O–H groups in total. The van der Waals surface area contributed by atoms with Gasteiger partial charge in [-0.25, -0.2) is 4.68 Å². The van der Waals surface area contributed by atoms with Crippen LogP contribution in [0.1, 0.15) is 0 Å². The molecule has 0 bridgehead atoms. The van der Waals surface area contributed by atoms with E-state index in [9.17, 15) is 9.59 Å². The standard InChI is InChI=1S/C22H17N3O3/c26-21(15-25-22(27)13-12-19(24-25)20-11-6-14-28-20)23-18-10-5-4-9-17(18)16-7-2-1-3-8-16/h1-14H,15H2,(H,23,26). The maximum absolute atomic E-state index is 12.6. The molecule has 0 unspecified atom stereocenters. The zero-order chi connectivity index (χ0) is 19.3. The molecule has 0 fully saturated rings. The summed E-state index contributed by atoms with van der Waals surface area (Å²) >= 11 is 0. The molecular weight excluding hydrogens is 354 g/mol. The summed E-state index contributed by atoms with van der Waals surface area (Å²) in [6, 6.07) is 23.7. The minimum atomic E-state index is -0.359. The number of nitrogens with zero attached hydrogens (tertiary/aromatic N) is 2. The topological polar surface area (TPSA) is 77.1 Å². The second kappa shape index (κ2) is 7.75. The zero-order valence-corrected chi connectivity index (χ0v) is 14.9. The van der Waals surface area contributed by atoms with Crippen LogP contribution in [-0.2, 0) is 11.3 Å². The van der Waals surface area contributed by atoms with Crippen LogP contribution in [-0.4, -0.2) is 15.7 Å². The van der Waals surface area contributed by atoms with Gasteiger partial charge in [0.25, 0.3) is 5.56 Å². The zero-order valence-electron chi connectivity index (χ0n) is 14.9. The molecule has 0 aliphatic rings. The number of benzene rings is 2. The van der Waals surface area contributed by atoms with E-state index >= 15 is 0 Å². The van der Waals surface area contributed by atoms with E-state index in [0.717, 1.165) is 15.8 Å². The highest BCUT2D eigenvalue weighted by atomic mass is 16.3. The second-order valence-electron chi connectivity index (χ2n) is 6.15. The van der Waals surface area contributed by atoms with Crippen molar-refractivity contribution in [3.8, 4) is 22.6 Å². The van der Waals surface area contributed by atoms with Gasteiger partial charge in [0.05, 0.1) is 6.26 Å². The molecule has 6 nitrogen and oxygen atoms in total. The van der Waals surface area contributed by atoms with Crippen molar-refractivity contribution in [1.29, 1.82) is 0 Å². The minimum absolute atomic E-state index is 0.198. The molecule has 2 heterocycles. The SMILES string of the molecule is O=C(Cn1nc(-c2ccco2)ccc1=O)Nc1ccccc1-c1ccccc1. The highest BCUT2D eigenvalue weighted by Gasteiger charge is 2.12. The molecule has 2 aromatic heterocycles. The van der Waals surface area contributed by atoms with Crippen LogP contribution in [0.4, 0.5) is 5.69 Å². The van der Waals surface area contributed by atoms with Gasteiger partial charge in [0.15, 0.2) is 5.76 Å². The van der Waals surface area contributed by atoms with Crippen LogP contribution >= 0.6 is 0 Å². The first-order valence-corrected chi connectivity index (χ1v) is 8.77. The summed E-state index contributed by atoms with van der Waals surface area (Å²) in [5.41, 5.74) is 2.70. The summed E-state index contributed by atoms with van der Waals surface area (Å²) in [4.78, 5) is 24.7. The summed E-state index contributed by atoms with van der Waals surface area (Å²) in [7, 11) is 0. The molecule has 4 rings (SSSR count). The molecule has 0 spiro atoms. The lowest BCUT2D eigenvalue weighted by Gasteiger charge is -2.12. The molecule has 28 heavy (non-hydrogen) atoms. The van der Waals surface area contributed by atoms with Gasteiger partial charge < -0.3 is 9.73 Å². The van der Waals surface area contributed by atoms with Crippen LogP contribution in [0.3, 0.4) is 0 Å². The molecule has 0 aliphatic carbocycles. The van der Waals surface area contributed by atoms with Crippen molar-refractivity contribution in [3.05, 3.63) is 95.5 Å². The molecule has 4 aromatic rings. The van der Waals surface area contributed by atoms with Crippen LogP contribution in [0.5, 0.6) is 0 Å². The number of nitrogens with one attached hydrogen (secondary N) is 1. The minimum Gasteiger partial charge on any atom is -0.463 e. The van der Waals surface area contributed by atoms with E-state index in [4.69, 9.17) is 4.42 Å². The average molecular weight is 371 g/mol. The van der Waals surface area contributed by atoms with Crippen molar-refractivity contribution in [1.82, 2.24) is 9.78 Å². The van der Waals surface area contributed by atoms with Crippen LogP contribution < -0.4 is 10.9 Å². The van der Waals surface area contributed by atoms with Crippen molar-refractivity contribution >= 4 is 11.6 Å². The number of hydrogen-bond donors (Lipinski definition) is 1.